The van der Waals surface area contributed by atoms with Crippen molar-refractivity contribution in [3.8, 4) is 5.75 Å². The van der Waals surface area contributed by atoms with Crippen LogP contribution in [0.5, 0.6) is 5.75 Å². The molecule has 0 aliphatic heterocycles. The average molecular weight is 416 g/mol. The third-order valence-corrected chi connectivity index (χ3v) is 9.75. The zero-order valence-electron chi connectivity index (χ0n) is 10.8. The van der Waals surface area contributed by atoms with E-state index in [1.165, 1.54) is 7.11 Å². The summed E-state index contributed by atoms with van der Waals surface area (Å²) < 4.78 is 31.0. The summed E-state index contributed by atoms with van der Waals surface area (Å²) in [6, 6.07) is 14.5. The molecule has 0 atom stereocenters. The molecule has 0 saturated carbocycles. The molecule has 0 heterocycles. The van der Waals surface area contributed by atoms with Crippen LogP contribution < -0.4 is 4.74 Å². The van der Waals surface area contributed by atoms with E-state index < -0.39 is 22.7 Å². The molecule has 3 nitrogen and oxygen atoms in total. The molecule has 0 N–H and O–H groups in total. The van der Waals surface area contributed by atoms with Crippen LogP contribution in [0, 0.1) is 0 Å². The Morgan fingerprint density at radius 3 is 2.45 bits per heavy atom. The van der Waals surface area contributed by atoms with Gasteiger partial charge in [0.15, 0.2) is 0 Å². The number of ether oxygens (including phenoxy) is 1. The molecule has 0 spiro atoms. The van der Waals surface area contributed by atoms with Gasteiger partial charge in [-0.05, 0) is 0 Å². The van der Waals surface area contributed by atoms with Crippen LogP contribution >= 0.6 is 15.9 Å². The molecule has 2 aromatic carbocycles. The Morgan fingerprint density at radius 1 is 1.10 bits per heavy atom. The van der Waals surface area contributed by atoms with Crippen LogP contribution in [0.2, 0.25) is 0 Å². The SMILES string of the molecule is COc1ccccc1S(=O)(=O)[As]Cc1ccccc1Br. The summed E-state index contributed by atoms with van der Waals surface area (Å²) in [5.74, 6) is 0.412. The maximum absolute atomic E-state index is 12.4. The summed E-state index contributed by atoms with van der Waals surface area (Å²) in [5.41, 5.74) is 1.02. The van der Waals surface area contributed by atoms with Crippen molar-refractivity contribution in [3.63, 3.8) is 0 Å². The fourth-order valence-corrected chi connectivity index (χ4v) is 8.03. The van der Waals surface area contributed by atoms with E-state index in [4.69, 9.17) is 4.74 Å². The molecule has 2 rings (SSSR count). The normalized spacial score (nSPS) is 11.9. The van der Waals surface area contributed by atoms with E-state index >= 15 is 0 Å². The second kappa shape index (κ2) is 6.79. The van der Waals surface area contributed by atoms with Gasteiger partial charge in [0.25, 0.3) is 0 Å². The van der Waals surface area contributed by atoms with Gasteiger partial charge in [-0.1, -0.05) is 0 Å². The Bertz CT molecular complexity index is 701. The van der Waals surface area contributed by atoms with Gasteiger partial charge in [-0.25, -0.2) is 0 Å². The summed E-state index contributed by atoms with van der Waals surface area (Å²) in [6.07, 6.45) is 0. The van der Waals surface area contributed by atoms with Crippen LogP contribution in [0.25, 0.3) is 0 Å². The predicted octanol–water partition coefficient (Wildman–Crippen LogP) is 3.05. The molecule has 20 heavy (non-hydrogen) atoms. The standard InChI is InChI=1S/C14H13AsBrO3S/c1-19-13-8-4-5-9-14(13)20(17,18)15-10-11-6-2-3-7-12(11)16/h2-9H,10H2,1H3. The zero-order chi connectivity index (χ0) is 14.6. The molecule has 0 aliphatic rings. The number of hydrogen-bond acceptors (Lipinski definition) is 3. The van der Waals surface area contributed by atoms with Crippen LogP contribution in [0.15, 0.2) is 57.9 Å². The number of halogens is 1. The molecule has 105 valence electrons. The molecule has 0 aliphatic carbocycles. The monoisotopic (exact) mass is 415 g/mol. The molecule has 0 bridgehead atoms. The number of hydrogen-bond donors (Lipinski definition) is 0. The van der Waals surface area contributed by atoms with Crippen molar-refractivity contribution in [2.24, 2.45) is 0 Å². The van der Waals surface area contributed by atoms with Crippen LogP contribution in [0.3, 0.4) is 0 Å². The fourth-order valence-electron chi connectivity index (χ4n) is 1.68. The van der Waals surface area contributed by atoms with Gasteiger partial charge < -0.3 is 0 Å². The van der Waals surface area contributed by atoms with Gasteiger partial charge in [0.1, 0.15) is 0 Å². The van der Waals surface area contributed by atoms with Crippen molar-refractivity contribution >= 4 is 38.6 Å². The van der Waals surface area contributed by atoms with Gasteiger partial charge in [0.2, 0.25) is 0 Å². The summed E-state index contributed by atoms with van der Waals surface area (Å²) in [7, 11) is -1.79. The second-order valence-electron chi connectivity index (χ2n) is 4.00. The molecule has 0 unspecified atom stereocenters. The first-order valence-corrected chi connectivity index (χ1v) is 11.7. The summed E-state index contributed by atoms with van der Waals surface area (Å²) in [5, 5.41) is 0.554. The Hall–Kier alpha value is -0.772. The topological polar surface area (TPSA) is 43.4 Å². The molecule has 0 amide bonds. The van der Waals surface area contributed by atoms with E-state index in [-0.39, 0.29) is 4.90 Å². The molecule has 0 aromatic heterocycles. The van der Waals surface area contributed by atoms with Gasteiger partial charge >= 0.3 is 133 Å². The third-order valence-electron chi connectivity index (χ3n) is 2.71. The first-order valence-electron chi connectivity index (χ1n) is 5.85. The number of benzene rings is 2. The minimum absolute atomic E-state index is 0.287. The van der Waals surface area contributed by atoms with E-state index in [1.807, 2.05) is 24.3 Å². The van der Waals surface area contributed by atoms with Crippen molar-refractivity contribution in [2.75, 3.05) is 7.11 Å². The van der Waals surface area contributed by atoms with Gasteiger partial charge in [0, 0.05) is 0 Å². The molecule has 2 aromatic rings. The molecule has 0 fully saturated rings. The van der Waals surface area contributed by atoms with Crippen molar-refractivity contribution in [1.29, 1.82) is 0 Å². The van der Waals surface area contributed by atoms with Gasteiger partial charge in [-0.3, -0.25) is 0 Å². The van der Waals surface area contributed by atoms with E-state index in [2.05, 4.69) is 15.9 Å². The first-order chi connectivity index (χ1) is 9.54. The molecule has 0 saturated heterocycles. The predicted molar refractivity (Wildman–Crippen MR) is 83.8 cm³/mol. The van der Waals surface area contributed by atoms with Crippen molar-refractivity contribution in [1.82, 2.24) is 0 Å². The van der Waals surface area contributed by atoms with Crippen molar-refractivity contribution < 1.29 is 13.2 Å². The molecule has 1 radical (unpaired) electrons. The molecular formula is C14H13AsBrO3S. The Kier molecular flexibility index (Phi) is 5.30. The van der Waals surface area contributed by atoms with E-state index in [1.54, 1.807) is 24.3 Å². The second-order valence-corrected chi connectivity index (χ2v) is 11.8. The van der Waals surface area contributed by atoms with Crippen molar-refractivity contribution in [3.05, 3.63) is 58.6 Å². The summed E-state index contributed by atoms with van der Waals surface area (Å²) in [4.78, 5) is 0.287. The molecule has 6 heteroatoms. The Labute approximate surface area is 133 Å². The van der Waals surface area contributed by atoms with Crippen LogP contribution in [-0.2, 0) is 13.3 Å². The zero-order valence-corrected chi connectivity index (χ0v) is 15.1. The summed E-state index contributed by atoms with van der Waals surface area (Å²) in [6.45, 7) is 0. The van der Waals surface area contributed by atoms with E-state index in [9.17, 15) is 8.42 Å². The van der Waals surface area contributed by atoms with Gasteiger partial charge in [-0.15, -0.1) is 0 Å². The van der Waals surface area contributed by atoms with E-state index in [0.717, 1.165) is 10.0 Å². The van der Waals surface area contributed by atoms with Gasteiger partial charge in [0.05, 0.1) is 0 Å². The fraction of sp³-hybridized carbons (Fsp3) is 0.143. The average Bonchev–Trinajstić information content (AvgIpc) is 2.46. The molecular weight excluding hydrogens is 403 g/mol. The third kappa shape index (κ3) is 3.66. The summed E-state index contributed by atoms with van der Waals surface area (Å²) >= 11 is 2.55. The minimum atomic E-state index is -3.27. The number of methoxy groups -OCH3 is 1. The van der Waals surface area contributed by atoms with Gasteiger partial charge in [-0.2, -0.15) is 0 Å². The van der Waals surface area contributed by atoms with E-state index in [0.29, 0.717) is 11.0 Å². The van der Waals surface area contributed by atoms with Crippen LogP contribution in [0.4, 0.5) is 0 Å². The quantitative estimate of drug-likeness (QED) is 0.705. The van der Waals surface area contributed by atoms with Crippen LogP contribution in [0.1, 0.15) is 5.56 Å². The Balaban J connectivity index is 2.22. The number of rotatable bonds is 5. The Morgan fingerprint density at radius 2 is 1.75 bits per heavy atom. The maximum atomic E-state index is 12.4. The first kappa shape index (κ1) is 15.6. The van der Waals surface area contributed by atoms with Crippen LogP contribution in [-0.4, -0.2) is 30.1 Å². The van der Waals surface area contributed by atoms with Crippen molar-refractivity contribution in [2.45, 2.75) is 10.1 Å². The number of para-hydroxylation sites is 1.